The van der Waals surface area contributed by atoms with Crippen molar-refractivity contribution in [2.45, 2.75) is 25.7 Å². The van der Waals surface area contributed by atoms with Crippen LogP contribution in [0.15, 0.2) is 23.3 Å². The van der Waals surface area contributed by atoms with Crippen LogP contribution in [0.3, 0.4) is 0 Å². The maximum atomic E-state index is 5.82. The van der Waals surface area contributed by atoms with E-state index in [-0.39, 0.29) is 0 Å². The van der Waals surface area contributed by atoms with Crippen LogP contribution in [0.25, 0.3) is 0 Å². The molecule has 0 bridgehead atoms. The zero-order valence-electron chi connectivity index (χ0n) is 5.44. The van der Waals surface area contributed by atoms with E-state index < -0.39 is 0 Å². The van der Waals surface area contributed by atoms with E-state index >= 15 is 0 Å². The van der Waals surface area contributed by atoms with E-state index in [9.17, 15) is 0 Å². The summed E-state index contributed by atoms with van der Waals surface area (Å²) in [6, 6.07) is 0. The third kappa shape index (κ3) is 2.71. The molecular weight excluding hydrogens is 132 g/mol. The molecule has 0 aromatic rings. The Bertz CT molecular complexity index is 134. The molecule has 0 atom stereocenters. The lowest BCUT2D eigenvalue weighted by molar-refractivity contribution is 0.949. The lowest BCUT2D eigenvalue weighted by Crippen LogP contribution is -1.77. The first-order valence-corrected chi connectivity index (χ1v) is 3.77. The van der Waals surface area contributed by atoms with Crippen LogP contribution in [-0.2, 0) is 0 Å². The Balaban J connectivity index is 2.41. The van der Waals surface area contributed by atoms with Gasteiger partial charge in [-0.05, 0) is 25.7 Å². The third-order valence-electron chi connectivity index (χ3n) is 1.42. The first-order valence-electron chi connectivity index (χ1n) is 3.39. The standard InChI is InChI=1S/C8H11Cl/c9-8-6-4-2-1-3-5-7-8/h1-2,7H,3-6H2. The van der Waals surface area contributed by atoms with Crippen LogP contribution in [0, 0.1) is 0 Å². The number of hydrogen-bond donors (Lipinski definition) is 0. The Morgan fingerprint density at radius 3 is 2.78 bits per heavy atom. The second-order valence-electron chi connectivity index (χ2n) is 2.24. The van der Waals surface area contributed by atoms with Crippen molar-refractivity contribution in [3.8, 4) is 0 Å². The molecule has 1 aliphatic rings. The van der Waals surface area contributed by atoms with Gasteiger partial charge >= 0.3 is 0 Å². The van der Waals surface area contributed by atoms with Gasteiger partial charge in [0, 0.05) is 5.03 Å². The minimum absolute atomic E-state index is 1.03. The quantitative estimate of drug-likeness (QED) is 0.456. The van der Waals surface area contributed by atoms with Gasteiger partial charge < -0.3 is 0 Å². The Hall–Kier alpha value is -0.230. The Kier molecular flexibility index (Phi) is 2.85. The summed E-state index contributed by atoms with van der Waals surface area (Å²) in [7, 11) is 0. The number of halogens is 1. The molecule has 50 valence electrons. The summed E-state index contributed by atoms with van der Waals surface area (Å²) in [6.07, 6.45) is 10.9. The SMILES string of the molecule is ClC1=CCCC=CCC1. The van der Waals surface area contributed by atoms with Crippen molar-refractivity contribution in [2.75, 3.05) is 0 Å². The monoisotopic (exact) mass is 142 g/mol. The van der Waals surface area contributed by atoms with Crippen LogP contribution in [0.1, 0.15) is 25.7 Å². The highest BCUT2D eigenvalue weighted by atomic mass is 35.5. The van der Waals surface area contributed by atoms with E-state index in [0.717, 1.165) is 30.7 Å². The molecule has 0 heterocycles. The molecule has 0 amide bonds. The molecule has 0 aromatic carbocycles. The van der Waals surface area contributed by atoms with Gasteiger partial charge in [0.25, 0.3) is 0 Å². The largest absolute Gasteiger partial charge is 0.0895 e. The lowest BCUT2D eigenvalue weighted by Gasteiger charge is -1.98. The molecule has 0 fully saturated rings. The van der Waals surface area contributed by atoms with Gasteiger partial charge in [0.15, 0.2) is 0 Å². The van der Waals surface area contributed by atoms with Crippen LogP contribution in [-0.4, -0.2) is 0 Å². The molecule has 1 aliphatic carbocycles. The van der Waals surface area contributed by atoms with Crippen LogP contribution >= 0.6 is 11.6 Å². The van der Waals surface area contributed by atoms with E-state index in [2.05, 4.69) is 18.2 Å². The summed E-state index contributed by atoms with van der Waals surface area (Å²) < 4.78 is 0. The van der Waals surface area contributed by atoms with Crippen molar-refractivity contribution in [3.05, 3.63) is 23.3 Å². The highest BCUT2D eigenvalue weighted by Crippen LogP contribution is 2.14. The molecule has 0 aromatic heterocycles. The van der Waals surface area contributed by atoms with Crippen molar-refractivity contribution >= 4 is 11.6 Å². The lowest BCUT2D eigenvalue weighted by atomic mass is 10.1. The summed E-state index contributed by atoms with van der Waals surface area (Å²) in [5.74, 6) is 0. The highest BCUT2D eigenvalue weighted by Gasteiger charge is 1.92. The number of allylic oxidation sites excluding steroid dienone is 4. The Morgan fingerprint density at radius 1 is 1.11 bits per heavy atom. The Morgan fingerprint density at radius 2 is 1.89 bits per heavy atom. The number of rotatable bonds is 0. The molecular formula is C8H11Cl. The van der Waals surface area contributed by atoms with Gasteiger partial charge in [0.1, 0.15) is 0 Å². The van der Waals surface area contributed by atoms with Gasteiger partial charge in [-0.1, -0.05) is 29.8 Å². The predicted molar refractivity (Wildman–Crippen MR) is 41.5 cm³/mol. The third-order valence-corrected chi connectivity index (χ3v) is 1.76. The maximum Gasteiger partial charge on any atom is 0.0144 e. The second-order valence-corrected chi connectivity index (χ2v) is 2.72. The first kappa shape index (κ1) is 6.88. The molecule has 0 saturated carbocycles. The minimum atomic E-state index is 1.03. The van der Waals surface area contributed by atoms with Gasteiger partial charge in [0.2, 0.25) is 0 Å². The first-order chi connectivity index (χ1) is 4.39. The molecule has 1 rings (SSSR count). The molecule has 9 heavy (non-hydrogen) atoms. The zero-order valence-corrected chi connectivity index (χ0v) is 6.19. The fraction of sp³-hybridized carbons (Fsp3) is 0.500. The summed E-state index contributed by atoms with van der Waals surface area (Å²) in [5, 5.41) is 1.03. The van der Waals surface area contributed by atoms with Crippen LogP contribution < -0.4 is 0 Å². The zero-order chi connectivity index (χ0) is 6.53. The van der Waals surface area contributed by atoms with E-state index in [1.165, 1.54) is 0 Å². The van der Waals surface area contributed by atoms with Crippen molar-refractivity contribution in [1.82, 2.24) is 0 Å². The smallest absolute Gasteiger partial charge is 0.0144 e. The van der Waals surface area contributed by atoms with Crippen molar-refractivity contribution in [1.29, 1.82) is 0 Å². The molecule has 0 spiro atoms. The average molecular weight is 143 g/mol. The van der Waals surface area contributed by atoms with Gasteiger partial charge in [0.05, 0.1) is 0 Å². The minimum Gasteiger partial charge on any atom is -0.0895 e. The average Bonchev–Trinajstić information content (AvgIpc) is 1.79. The van der Waals surface area contributed by atoms with Crippen LogP contribution in [0.5, 0.6) is 0 Å². The summed E-state index contributed by atoms with van der Waals surface area (Å²) >= 11 is 5.82. The summed E-state index contributed by atoms with van der Waals surface area (Å²) in [5.41, 5.74) is 0. The molecule has 0 radical (unpaired) electrons. The Labute approximate surface area is 61.2 Å². The van der Waals surface area contributed by atoms with Gasteiger partial charge in [-0.3, -0.25) is 0 Å². The maximum absolute atomic E-state index is 5.82. The van der Waals surface area contributed by atoms with E-state index in [1.54, 1.807) is 0 Å². The molecule has 0 nitrogen and oxygen atoms in total. The van der Waals surface area contributed by atoms with Crippen molar-refractivity contribution < 1.29 is 0 Å². The van der Waals surface area contributed by atoms with E-state index in [4.69, 9.17) is 11.6 Å². The van der Waals surface area contributed by atoms with E-state index in [0.29, 0.717) is 0 Å². The number of hydrogen-bond acceptors (Lipinski definition) is 0. The fourth-order valence-electron chi connectivity index (χ4n) is 0.895. The normalized spacial score (nSPS) is 20.3. The van der Waals surface area contributed by atoms with E-state index in [1.807, 2.05) is 0 Å². The predicted octanol–water partition coefficient (Wildman–Crippen LogP) is 3.24. The fourth-order valence-corrected chi connectivity index (χ4v) is 1.11. The van der Waals surface area contributed by atoms with Crippen LogP contribution in [0.2, 0.25) is 0 Å². The molecule has 0 saturated heterocycles. The highest BCUT2D eigenvalue weighted by molar-refractivity contribution is 6.29. The topological polar surface area (TPSA) is 0 Å². The van der Waals surface area contributed by atoms with Crippen molar-refractivity contribution in [3.63, 3.8) is 0 Å². The second kappa shape index (κ2) is 3.73. The van der Waals surface area contributed by atoms with Crippen molar-refractivity contribution in [2.24, 2.45) is 0 Å². The van der Waals surface area contributed by atoms with Gasteiger partial charge in [-0.15, -0.1) is 0 Å². The summed E-state index contributed by atoms with van der Waals surface area (Å²) in [6.45, 7) is 0. The molecule has 0 unspecified atom stereocenters. The molecule has 0 aliphatic heterocycles. The summed E-state index contributed by atoms with van der Waals surface area (Å²) in [4.78, 5) is 0. The molecule has 0 N–H and O–H groups in total. The van der Waals surface area contributed by atoms with Crippen LogP contribution in [0.4, 0.5) is 0 Å². The molecule has 1 heteroatoms. The van der Waals surface area contributed by atoms with Gasteiger partial charge in [-0.25, -0.2) is 0 Å². The van der Waals surface area contributed by atoms with Gasteiger partial charge in [-0.2, -0.15) is 0 Å².